The number of aromatic nitrogens is 2. The molecule has 130 valence electrons. The predicted molar refractivity (Wildman–Crippen MR) is 100 cm³/mol. The Balaban J connectivity index is 1.79. The number of likely N-dealkylation sites (tertiary alicyclic amines) is 1. The van der Waals surface area contributed by atoms with Crippen LogP contribution in [0.5, 0.6) is 0 Å². The number of piperidine rings is 1. The fraction of sp³-hybridized carbons (Fsp3) is 0.588. The van der Waals surface area contributed by atoms with E-state index >= 15 is 0 Å². The van der Waals surface area contributed by atoms with Gasteiger partial charge in [0.1, 0.15) is 4.83 Å². The van der Waals surface area contributed by atoms with Gasteiger partial charge in [0, 0.05) is 25.0 Å². The standard InChI is InChI=1S/C17H23N3O2S2/c1-10-6-5-7-20(8-10)13(21)9-23-17-18-15-14(16(22)19(17)4)11(2)12(3)24-15/h10H,5-9H2,1-4H3. The van der Waals surface area contributed by atoms with Crippen molar-refractivity contribution in [3.63, 3.8) is 0 Å². The van der Waals surface area contributed by atoms with E-state index in [9.17, 15) is 9.59 Å². The molecule has 0 N–H and O–H groups in total. The van der Waals surface area contributed by atoms with Crippen molar-refractivity contribution in [3.8, 4) is 0 Å². The topological polar surface area (TPSA) is 55.2 Å². The number of thioether (sulfide) groups is 1. The zero-order chi connectivity index (χ0) is 17.4. The molecule has 1 saturated heterocycles. The van der Waals surface area contributed by atoms with Crippen LogP contribution in [0.15, 0.2) is 9.95 Å². The Kier molecular flexibility index (Phi) is 5.01. The van der Waals surface area contributed by atoms with Crippen LogP contribution < -0.4 is 5.56 Å². The lowest BCUT2D eigenvalue weighted by Gasteiger charge is -2.30. The number of fused-ring (bicyclic) bond motifs is 1. The van der Waals surface area contributed by atoms with Crippen molar-refractivity contribution in [2.24, 2.45) is 13.0 Å². The molecule has 2 aromatic heterocycles. The average Bonchev–Trinajstić information content (AvgIpc) is 2.83. The molecule has 0 saturated carbocycles. The summed E-state index contributed by atoms with van der Waals surface area (Å²) in [7, 11) is 1.73. The molecule has 0 aliphatic carbocycles. The molecular formula is C17H23N3O2S2. The van der Waals surface area contributed by atoms with Gasteiger partial charge in [-0.25, -0.2) is 4.98 Å². The van der Waals surface area contributed by atoms with E-state index in [1.54, 1.807) is 23.0 Å². The zero-order valence-electron chi connectivity index (χ0n) is 14.6. The second kappa shape index (κ2) is 6.88. The van der Waals surface area contributed by atoms with Crippen LogP contribution in [0.25, 0.3) is 10.2 Å². The molecule has 1 unspecified atom stereocenters. The van der Waals surface area contributed by atoms with Gasteiger partial charge in [0.25, 0.3) is 5.56 Å². The van der Waals surface area contributed by atoms with Crippen molar-refractivity contribution in [3.05, 3.63) is 20.8 Å². The molecule has 0 bridgehead atoms. The van der Waals surface area contributed by atoms with Crippen molar-refractivity contribution in [1.82, 2.24) is 14.5 Å². The van der Waals surface area contributed by atoms with Crippen LogP contribution in [0.4, 0.5) is 0 Å². The summed E-state index contributed by atoms with van der Waals surface area (Å²) in [5.41, 5.74) is 0.987. The molecule has 2 aromatic rings. The van der Waals surface area contributed by atoms with E-state index in [0.717, 1.165) is 34.8 Å². The molecule has 1 amide bonds. The summed E-state index contributed by atoms with van der Waals surface area (Å²) in [5.74, 6) is 1.05. The van der Waals surface area contributed by atoms with Gasteiger partial charge in [-0.05, 0) is 38.2 Å². The minimum atomic E-state index is -0.0246. The van der Waals surface area contributed by atoms with Crippen LogP contribution >= 0.6 is 23.1 Å². The van der Waals surface area contributed by atoms with E-state index in [2.05, 4.69) is 11.9 Å². The molecule has 24 heavy (non-hydrogen) atoms. The second-order valence-corrected chi connectivity index (χ2v) is 8.74. The average molecular weight is 366 g/mol. The maximum absolute atomic E-state index is 12.6. The van der Waals surface area contributed by atoms with Crippen molar-refractivity contribution in [2.45, 2.75) is 38.8 Å². The first-order valence-corrected chi connectivity index (χ1v) is 10.1. The molecular weight excluding hydrogens is 342 g/mol. The van der Waals surface area contributed by atoms with Crippen molar-refractivity contribution in [1.29, 1.82) is 0 Å². The largest absolute Gasteiger partial charge is 0.342 e. The fourth-order valence-electron chi connectivity index (χ4n) is 3.12. The summed E-state index contributed by atoms with van der Waals surface area (Å²) in [6.07, 6.45) is 2.27. The lowest BCUT2D eigenvalue weighted by Crippen LogP contribution is -2.40. The van der Waals surface area contributed by atoms with Crippen LogP contribution in [0.2, 0.25) is 0 Å². The molecule has 0 aromatic carbocycles. The van der Waals surface area contributed by atoms with Gasteiger partial charge in [-0.15, -0.1) is 11.3 Å². The zero-order valence-corrected chi connectivity index (χ0v) is 16.2. The Labute approximate surface area is 150 Å². The van der Waals surface area contributed by atoms with Crippen LogP contribution in [0.1, 0.15) is 30.2 Å². The number of nitrogens with zero attached hydrogens (tertiary/aromatic N) is 3. The van der Waals surface area contributed by atoms with Crippen LogP contribution in [-0.2, 0) is 11.8 Å². The van der Waals surface area contributed by atoms with Gasteiger partial charge in [-0.1, -0.05) is 18.7 Å². The Morgan fingerprint density at radius 3 is 2.88 bits per heavy atom. The number of hydrogen-bond acceptors (Lipinski definition) is 5. The molecule has 3 heterocycles. The predicted octanol–water partition coefficient (Wildman–Crippen LogP) is 2.96. The lowest BCUT2D eigenvalue weighted by molar-refractivity contribution is -0.130. The number of hydrogen-bond donors (Lipinski definition) is 0. The highest BCUT2D eigenvalue weighted by atomic mass is 32.2. The summed E-state index contributed by atoms with van der Waals surface area (Å²) in [5, 5.41) is 1.33. The number of carbonyl (C=O) groups is 1. The van der Waals surface area contributed by atoms with Gasteiger partial charge < -0.3 is 4.90 Å². The van der Waals surface area contributed by atoms with Crippen LogP contribution in [0.3, 0.4) is 0 Å². The van der Waals surface area contributed by atoms with E-state index < -0.39 is 0 Å². The summed E-state index contributed by atoms with van der Waals surface area (Å²) in [4.78, 5) is 33.5. The monoisotopic (exact) mass is 365 g/mol. The fourth-order valence-corrected chi connectivity index (χ4v) is 5.06. The van der Waals surface area contributed by atoms with Gasteiger partial charge in [-0.3, -0.25) is 14.2 Å². The van der Waals surface area contributed by atoms with E-state index in [1.165, 1.54) is 18.2 Å². The molecule has 5 nitrogen and oxygen atoms in total. The second-order valence-electron chi connectivity index (χ2n) is 6.60. The maximum Gasteiger partial charge on any atom is 0.262 e. The summed E-state index contributed by atoms with van der Waals surface area (Å²) in [6.45, 7) is 7.85. The van der Waals surface area contributed by atoms with Crippen molar-refractivity contribution in [2.75, 3.05) is 18.8 Å². The SMILES string of the molecule is Cc1sc2nc(SCC(=O)N3CCCC(C)C3)n(C)c(=O)c2c1C. The van der Waals surface area contributed by atoms with Crippen LogP contribution in [0, 0.1) is 19.8 Å². The molecule has 3 rings (SSSR count). The highest BCUT2D eigenvalue weighted by molar-refractivity contribution is 7.99. The molecule has 1 fully saturated rings. The first kappa shape index (κ1) is 17.5. The Morgan fingerprint density at radius 1 is 1.42 bits per heavy atom. The number of carbonyl (C=O) groups excluding carboxylic acids is 1. The first-order valence-electron chi connectivity index (χ1n) is 8.25. The summed E-state index contributed by atoms with van der Waals surface area (Å²) in [6, 6.07) is 0. The van der Waals surface area contributed by atoms with Gasteiger partial charge in [0.05, 0.1) is 11.1 Å². The third kappa shape index (κ3) is 3.24. The van der Waals surface area contributed by atoms with E-state index in [-0.39, 0.29) is 11.5 Å². The van der Waals surface area contributed by atoms with E-state index in [1.807, 2.05) is 18.7 Å². The number of thiophene rings is 1. The first-order chi connectivity index (χ1) is 11.4. The maximum atomic E-state index is 12.6. The lowest BCUT2D eigenvalue weighted by atomic mass is 10.0. The van der Waals surface area contributed by atoms with Crippen molar-refractivity contribution < 1.29 is 4.79 Å². The van der Waals surface area contributed by atoms with Gasteiger partial charge in [0.15, 0.2) is 5.16 Å². The quantitative estimate of drug-likeness (QED) is 0.620. The number of rotatable bonds is 3. The van der Waals surface area contributed by atoms with Crippen LogP contribution in [-0.4, -0.2) is 39.2 Å². The third-order valence-electron chi connectivity index (χ3n) is 4.70. The Hall–Kier alpha value is -1.34. The molecule has 1 aliphatic rings. The molecule has 0 radical (unpaired) electrons. The minimum Gasteiger partial charge on any atom is -0.342 e. The molecule has 1 atom stereocenters. The summed E-state index contributed by atoms with van der Waals surface area (Å²) < 4.78 is 1.57. The van der Waals surface area contributed by atoms with Gasteiger partial charge >= 0.3 is 0 Å². The molecule has 1 aliphatic heterocycles. The molecule has 7 heteroatoms. The number of aryl methyl sites for hydroxylation is 2. The Bertz CT molecular complexity index is 840. The van der Waals surface area contributed by atoms with Gasteiger partial charge in [-0.2, -0.15) is 0 Å². The highest BCUT2D eigenvalue weighted by Gasteiger charge is 2.22. The normalized spacial score (nSPS) is 18.3. The van der Waals surface area contributed by atoms with Crippen molar-refractivity contribution >= 4 is 39.2 Å². The highest BCUT2D eigenvalue weighted by Crippen LogP contribution is 2.28. The third-order valence-corrected chi connectivity index (χ3v) is 6.82. The Morgan fingerprint density at radius 2 is 2.17 bits per heavy atom. The van der Waals surface area contributed by atoms with E-state index in [4.69, 9.17) is 0 Å². The smallest absolute Gasteiger partial charge is 0.262 e. The minimum absolute atomic E-state index is 0.0246. The number of amides is 1. The summed E-state index contributed by atoms with van der Waals surface area (Å²) >= 11 is 2.91. The van der Waals surface area contributed by atoms with Gasteiger partial charge in [0.2, 0.25) is 5.91 Å². The van der Waals surface area contributed by atoms with E-state index in [0.29, 0.717) is 22.2 Å². The molecule has 0 spiro atoms.